The molecule has 1 saturated heterocycles. The molecular formula is C22H31N5O2S. The van der Waals surface area contributed by atoms with Gasteiger partial charge < -0.3 is 20.7 Å². The van der Waals surface area contributed by atoms with Gasteiger partial charge in [0.05, 0.1) is 19.3 Å². The number of ether oxygens (including phenoxy) is 1. The van der Waals surface area contributed by atoms with Crippen LogP contribution in [0.3, 0.4) is 0 Å². The topological polar surface area (TPSA) is 78.0 Å². The zero-order valence-electron chi connectivity index (χ0n) is 17.7. The maximum absolute atomic E-state index is 11.8. The predicted molar refractivity (Wildman–Crippen MR) is 122 cm³/mol. The second-order valence-corrected chi connectivity index (χ2v) is 8.07. The molecule has 162 valence electrons. The van der Waals surface area contributed by atoms with Gasteiger partial charge in [0, 0.05) is 50.7 Å². The third-order valence-electron chi connectivity index (χ3n) is 5.17. The molecule has 1 unspecified atom stereocenters. The highest BCUT2D eigenvalue weighted by molar-refractivity contribution is 7.10. The van der Waals surface area contributed by atoms with Gasteiger partial charge in [-0.05, 0) is 35.6 Å². The lowest BCUT2D eigenvalue weighted by atomic mass is 10.1. The molecule has 1 atom stereocenters. The molecule has 8 heteroatoms. The smallest absolute Gasteiger partial charge is 0.251 e. The van der Waals surface area contributed by atoms with Crippen molar-refractivity contribution in [2.24, 2.45) is 4.99 Å². The molecule has 1 aliphatic heterocycles. The minimum atomic E-state index is -0.0648. The van der Waals surface area contributed by atoms with E-state index in [9.17, 15) is 4.79 Å². The van der Waals surface area contributed by atoms with Crippen molar-refractivity contribution in [3.63, 3.8) is 0 Å². The minimum Gasteiger partial charge on any atom is -0.379 e. The fraction of sp³-hybridized carbons (Fsp3) is 0.455. The Morgan fingerprint density at radius 1 is 1.23 bits per heavy atom. The molecule has 30 heavy (non-hydrogen) atoms. The van der Waals surface area contributed by atoms with E-state index in [1.165, 1.54) is 4.88 Å². The van der Waals surface area contributed by atoms with Gasteiger partial charge in [-0.3, -0.25) is 14.7 Å². The van der Waals surface area contributed by atoms with Gasteiger partial charge in [0.2, 0.25) is 0 Å². The van der Waals surface area contributed by atoms with Crippen molar-refractivity contribution in [2.45, 2.75) is 12.5 Å². The Morgan fingerprint density at radius 3 is 2.77 bits per heavy atom. The van der Waals surface area contributed by atoms with Crippen LogP contribution in [0.25, 0.3) is 0 Å². The highest BCUT2D eigenvalue weighted by Crippen LogP contribution is 2.25. The summed E-state index contributed by atoms with van der Waals surface area (Å²) in [5.41, 5.74) is 1.80. The summed E-state index contributed by atoms with van der Waals surface area (Å²) in [6, 6.07) is 12.3. The second kappa shape index (κ2) is 11.7. The SMILES string of the molecule is CN=C(NCCc1cccc(C(=O)NC)c1)NCC(c1cccs1)N1CCOCC1. The van der Waals surface area contributed by atoms with Gasteiger partial charge in [-0.1, -0.05) is 18.2 Å². The van der Waals surface area contributed by atoms with Crippen LogP contribution < -0.4 is 16.0 Å². The van der Waals surface area contributed by atoms with E-state index in [0.717, 1.165) is 57.3 Å². The van der Waals surface area contributed by atoms with E-state index in [1.807, 2.05) is 24.3 Å². The molecule has 3 rings (SSSR count). The van der Waals surface area contributed by atoms with Crippen LogP contribution in [-0.4, -0.2) is 70.3 Å². The first-order valence-corrected chi connectivity index (χ1v) is 11.2. The van der Waals surface area contributed by atoms with Gasteiger partial charge in [0.1, 0.15) is 0 Å². The number of benzene rings is 1. The monoisotopic (exact) mass is 429 g/mol. The molecule has 1 aliphatic rings. The van der Waals surface area contributed by atoms with Crippen LogP contribution in [-0.2, 0) is 11.2 Å². The molecule has 0 radical (unpaired) electrons. The number of carbonyl (C=O) groups excluding carboxylic acids is 1. The third kappa shape index (κ3) is 6.29. The van der Waals surface area contributed by atoms with E-state index >= 15 is 0 Å². The lowest BCUT2D eigenvalue weighted by Gasteiger charge is -2.34. The molecule has 1 fully saturated rings. The summed E-state index contributed by atoms with van der Waals surface area (Å²) in [6.45, 7) is 4.97. The molecule has 2 heterocycles. The third-order valence-corrected chi connectivity index (χ3v) is 6.14. The van der Waals surface area contributed by atoms with Crippen molar-refractivity contribution < 1.29 is 9.53 Å². The molecule has 7 nitrogen and oxygen atoms in total. The largest absolute Gasteiger partial charge is 0.379 e. The Labute approximate surface area is 182 Å². The van der Waals surface area contributed by atoms with E-state index in [4.69, 9.17) is 4.74 Å². The number of nitrogens with zero attached hydrogens (tertiary/aromatic N) is 2. The summed E-state index contributed by atoms with van der Waals surface area (Å²) in [5, 5.41) is 11.7. The lowest BCUT2D eigenvalue weighted by Crippen LogP contribution is -2.46. The fourth-order valence-corrected chi connectivity index (χ4v) is 4.39. The minimum absolute atomic E-state index is 0.0648. The predicted octanol–water partition coefficient (Wildman–Crippen LogP) is 1.89. The number of morpholine rings is 1. The van der Waals surface area contributed by atoms with E-state index < -0.39 is 0 Å². The molecule has 3 N–H and O–H groups in total. The van der Waals surface area contributed by atoms with Crippen molar-refractivity contribution in [1.29, 1.82) is 0 Å². The molecular weight excluding hydrogens is 398 g/mol. The quantitative estimate of drug-likeness (QED) is 0.441. The summed E-state index contributed by atoms with van der Waals surface area (Å²) < 4.78 is 5.52. The average Bonchev–Trinajstić information content (AvgIpc) is 3.33. The van der Waals surface area contributed by atoms with Crippen LogP contribution in [0.2, 0.25) is 0 Å². The summed E-state index contributed by atoms with van der Waals surface area (Å²) in [7, 11) is 3.43. The summed E-state index contributed by atoms with van der Waals surface area (Å²) in [4.78, 5) is 20.0. The van der Waals surface area contributed by atoms with Gasteiger partial charge in [-0.25, -0.2) is 0 Å². The van der Waals surface area contributed by atoms with E-state index in [1.54, 1.807) is 25.4 Å². The normalized spacial score (nSPS) is 16.1. The number of carbonyl (C=O) groups is 1. The number of aliphatic imine (C=N–C) groups is 1. The zero-order valence-corrected chi connectivity index (χ0v) is 18.5. The van der Waals surface area contributed by atoms with E-state index in [2.05, 4.69) is 43.4 Å². The number of amides is 1. The summed E-state index contributed by atoms with van der Waals surface area (Å²) in [6.07, 6.45) is 0.809. The van der Waals surface area contributed by atoms with Crippen LogP contribution >= 0.6 is 11.3 Å². The molecule has 0 aliphatic carbocycles. The molecule has 2 aromatic rings. The molecule has 1 aromatic carbocycles. The summed E-state index contributed by atoms with van der Waals surface area (Å²) >= 11 is 1.79. The molecule has 0 spiro atoms. The van der Waals surface area contributed by atoms with Crippen LogP contribution in [0.1, 0.15) is 26.8 Å². The van der Waals surface area contributed by atoms with E-state index in [-0.39, 0.29) is 5.91 Å². The molecule has 0 bridgehead atoms. The Hall–Kier alpha value is -2.42. The Balaban J connectivity index is 1.51. The Morgan fingerprint density at radius 2 is 2.07 bits per heavy atom. The number of thiophene rings is 1. The highest BCUT2D eigenvalue weighted by Gasteiger charge is 2.23. The number of rotatable bonds is 8. The highest BCUT2D eigenvalue weighted by atomic mass is 32.1. The van der Waals surface area contributed by atoms with Crippen LogP contribution in [0.5, 0.6) is 0 Å². The molecule has 1 aromatic heterocycles. The van der Waals surface area contributed by atoms with Gasteiger partial charge in [0.15, 0.2) is 5.96 Å². The number of guanidine groups is 1. The first-order valence-electron chi connectivity index (χ1n) is 10.3. The first kappa shape index (κ1) is 22.3. The lowest BCUT2D eigenvalue weighted by molar-refractivity contribution is 0.0177. The number of hydrogen-bond donors (Lipinski definition) is 3. The van der Waals surface area contributed by atoms with Gasteiger partial charge in [0.25, 0.3) is 5.91 Å². The fourth-order valence-electron chi connectivity index (χ4n) is 3.53. The van der Waals surface area contributed by atoms with Crippen molar-refractivity contribution in [1.82, 2.24) is 20.9 Å². The van der Waals surface area contributed by atoms with Crippen LogP contribution in [0.15, 0.2) is 46.8 Å². The standard InChI is InChI=1S/C22H31N5O2S/c1-23-21(28)18-6-3-5-17(15-18)8-9-25-22(24-2)26-16-19(20-7-4-14-30-20)27-10-12-29-13-11-27/h3-7,14-15,19H,8-13,16H2,1-2H3,(H,23,28)(H2,24,25,26). The average molecular weight is 430 g/mol. The van der Waals surface area contributed by atoms with Gasteiger partial charge in [-0.2, -0.15) is 0 Å². The zero-order chi connectivity index (χ0) is 21.2. The van der Waals surface area contributed by atoms with Crippen LogP contribution in [0.4, 0.5) is 0 Å². The number of hydrogen-bond acceptors (Lipinski definition) is 5. The Kier molecular flexibility index (Phi) is 8.67. The number of nitrogens with one attached hydrogen (secondary N) is 3. The molecule has 0 saturated carbocycles. The van der Waals surface area contributed by atoms with Gasteiger partial charge in [-0.15, -0.1) is 11.3 Å². The summed E-state index contributed by atoms with van der Waals surface area (Å²) in [5.74, 6) is 0.720. The van der Waals surface area contributed by atoms with Crippen molar-refractivity contribution >= 4 is 23.2 Å². The van der Waals surface area contributed by atoms with Crippen molar-refractivity contribution in [3.8, 4) is 0 Å². The van der Waals surface area contributed by atoms with Gasteiger partial charge >= 0.3 is 0 Å². The Bertz CT molecular complexity index is 819. The van der Waals surface area contributed by atoms with Crippen LogP contribution in [0, 0.1) is 0 Å². The van der Waals surface area contributed by atoms with E-state index in [0.29, 0.717) is 11.6 Å². The second-order valence-electron chi connectivity index (χ2n) is 7.09. The molecule has 1 amide bonds. The maximum Gasteiger partial charge on any atom is 0.251 e. The maximum atomic E-state index is 11.8. The van der Waals surface area contributed by atoms with Crippen molar-refractivity contribution in [3.05, 3.63) is 57.8 Å². The first-order chi connectivity index (χ1) is 14.7. The van der Waals surface area contributed by atoms with Crippen molar-refractivity contribution in [2.75, 3.05) is 53.5 Å².